The summed E-state index contributed by atoms with van der Waals surface area (Å²) in [5.41, 5.74) is 2.98. The van der Waals surface area contributed by atoms with Crippen molar-refractivity contribution < 1.29 is 14.5 Å². The van der Waals surface area contributed by atoms with Crippen molar-refractivity contribution in [3.63, 3.8) is 0 Å². The van der Waals surface area contributed by atoms with E-state index in [4.69, 9.17) is 0 Å². The van der Waals surface area contributed by atoms with Crippen LogP contribution in [-0.2, 0) is 4.74 Å². The van der Waals surface area contributed by atoms with Crippen molar-refractivity contribution in [2.45, 2.75) is 0 Å². The van der Waals surface area contributed by atoms with Crippen LogP contribution >= 0.6 is 0 Å². The molecule has 134 valence electrons. The van der Waals surface area contributed by atoms with E-state index in [9.17, 15) is 14.9 Å². The van der Waals surface area contributed by atoms with Gasteiger partial charge in [0.2, 0.25) is 0 Å². The molecule has 0 heterocycles. The molecule has 0 atom stereocenters. The molecule has 0 N–H and O–H groups in total. The fourth-order valence-electron chi connectivity index (χ4n) is 2.56. The second-order valence-electron chi connectivity index (χ2n) is 5.70. The van der Waals surface area contributed by atoms with Gasteiger partial charge in [-0.2, -0.15) is 0 Å². The van der Waals surface area contributed by atoms with Gasteiger partial charge < -0.3 is 4.74 Å². The molecule has 0 aliphatic carbocycles. The fraction of sp³-hybridized carbons (Fsp3) is 0.0476. The van der Waals surface area contributed by atoms with Crippen molar-refractivity contribution in [2.75, 3.05) is 7.11 Å². The van der Waals surface area contributed by atoms with Crippen LogP contribution < -0.4 is 0 Å². The summed E-state index contributed by atoms with van der Waals surface area (Å²) < 4.78 is 4.65. The summed E-state index contributed by atoms with van der Waals surface area (Å²) >= 11 is 0. The van der Waals surface area contributed by atoms with E-state index in [0.717, 1.165) is 11.1 Å². The molecule has 0 aliphatic rings. The van der Waals surface area contributed by atoms with E-state index in [1.165, 1.54) is 19.4 Å². The summed E-state index contributed by atoms with van der Waals surface area (Å²) in [5, 5.41) is 11.4. The molecule has 6 heteroatoms. The van der Waals surface area contributed by atoms with Crippen LogP contribution in [-0.4, -0.2) is 24.2 Å². The first-order valence-corrected chi connectivity index (χ1v) is 8.15. The molecule has 3 aromatic carbocycles. The number of hydrogen-bond donors (Lipinski definition) is 0. The molecule has 0 spiro atoms. The maximum atomic E-state index is 11.4. The number of benzene rings is 3. The van der Waals surface area contributed by atoms with Crippen molar-refractivity contribution in [3.8, 4) is 11.1 Å². The number of nitrogens with zero attached hydrogens (tertiary/aromatic N) is 2. The molecule has 3 rings (SSSR count). The first kappa shape index (κ1) is 18.0. The Bertz CT molecular complexity index is 996. The van der Waals surface area contributed by atoms with Gasteiger partial charge in [-0.15, -0.1) is 0 Å². The number of hydrogen-bond acceptors (Lipinski definition) is 5. The van der Waals surface area contributed by atoms with Crippen LogP contribution in [0.15, 0.2) is 77.8 Å². The lowest BCUT2D eigenvalue weighted by molar-refractivity contribution is -0.384. The number of ether oxygens (including phenoxy) is 1. The molecule has 0 unspecified atom stereocenters. The van der Waals surface area contributed by atoms with Gasteiger partial charge in [0.05, 0.1) is 17.6 Å². The molecule has 0 saturated heterocycles. The number of methoxy groups -OCH3 is 1. The number of aliphatic imine (C=N–C) groups is 1. The van der Waals surface area contributed by atoms with Crippen LogP contribution in [0, 0.1) is 10.1 Å². The van der Waals surface area contributed by atoms with Gasteiger partial charge in [0.15, 0.2) is 0 Å². The number of nitro groups is 1. The van der Waals surface area contributed by atoms with Gasteiger partial charge in [-0.25, -0.2) is 9.79 Å². The Morgan fingerprint density at radius 2 is 1.70 bits per heavy atom. The molecule has 0 saturated carbocycles. The Kier molecular flexibility index (Phi) is 5.37. The van der Waals surface area contributed by atoms with E-state index in [1.807, 2.05) is 30.3 Å². The topological polar surface area (TPSA) is 81.8 Å². The molecular formula is C21H16N2O4. The molecule has 0 fully saturated rings. The molecule has 0 aromatic heterocycles. The van der Waals surface area contributed by atoms with Crippen molar-refractivity contribution in [3.05, 3.63) is 94.0 Å². The molecular weight excluding hydrogens is 344 g/mol. The monoisotopic (exact) mass is 360 g/mol. The molecule has 0 bridgehead atoms. The highest BCUT2D eigenvalue weighted by Gasteiger charge is 2.14. The summed E-state index contributed by atoms with van der Waals surface area (Å²) in [6.45, 7) is 0. The highest BCUT2D eigenvalue weighted by Crippen LogP contribution is 2.32. The van der Waals surface area contributed by atoms with Crippen LogP contribution in [0.5, 0.6) is 0 Å². The summed E-state index contributed by atoms with van der Waals surface area (Å²) in [4.78, 5) is 26.7. The average Bonchev–Trinajstić information content (AvgIpc) is 2.72. The van der Waals surface area contributed by atoms with Crippen LogP contribution in [0.3, 0.4) is 0 Å². The summed E-state index contributed by atoms with van der Waals surface area (Å²) in [7, 11) is 1.32. The van der Waals surface area contributed by atoms with E-state index in [1.54, 1.807) is 36.4 Å². The number of nitro benzene ring substituents is 1. The lowest BCUT2D eigenvalue weighted by Gasteiger charge is -2.04. The largest absolute Gasteiger partial charge is 0.465 e. The maximum Gasteiger partial charge on any atom is 0.337 e. The molecule has 27 heavy (non-hydrogen) atoms. The Morgan fingerprint density at radius 1 is 1.00 bits per heavy atom. The normalized spacial score (nSPS) is 10.7. The van der Waals surface area contributed by atoms with Gasteiger partial charge in [0, 0.05) is 12.3 Å². The van der Waals surface area contributed by atoms with Crippen LogP contribution in [0.1, 0.15) is 15.9 Å². The number of esters is 1. The molecule has 0 aliphatic heterocycles. The minimum atomic E-state index is -0.445. The minimum Gasteiger partial charge on any atom is -0.465 e. The first-order chi connectivity index (χ1) is 13.1. The summed E-state index contributed by atoms with van der Waals surface area (Å²) in [6, 6.07) is 21.0. The van der Waals surface area contributed by atoms with Crippen molar-refractivity contribution in [1.82, 2.24) is 0 Å². The van der Waals surface area contributed by atoms with Crippen molar-refractivity contribution in [2.24, 2.45) is 4.99 Å². The predicted molar refractivity (Wildman–Crippen MR) is 104 cm³/mol. The van der Waals surface area contributed by atoms with E-state index in [-0.39, 0.29) is 11.4 Å². The lowest BCUT2D eigenvalue weighted by Crippen LogP contribution is -2.00. The third-order valence-electron chi connectivity index (χ3n) is 3.96. The smallest absolute Gasteiger partial charge is 0.337 e. The van der Waals surface area contributed by atoms with Crippen molar-refractivity contribution >= 4 is 23.6 Å². The van der Waals surface area contributed by atoms with Crippen molar-refractivity contribution in [1.29, 1.82) is 0 Å². The number of rotatable bonds is 5. The van der Waals surface area contributed by atoms with Gasteiger partial charge in [-0.3, -0.25) is 10.1 Å². The summed E-state index contributed by atoms with van der Waals surface area (Å²) in [6.07, 6.45) is 1.52. The second-order valence-corrected chi connectivity index (χ2v) is 5.70. The van der Waals surface area contributed by atoms with Gasteiger partial charge in [-0.1, -0.05) is 48.5 Å². The van der Waals surface area contributed by atoms with Gasteiger partial charge in [0.25, 0.3) is 5.69 Å². The lowest BCUT2D eigenvalue weighted by atomic mass is 10.0. The average molecular weight is 360 g/mol. The van der Waals surface area contributed by atoms with E-state index in [0.29, 0.717) is 11.1 Å². The fourth-order valence-corrected chi connectivity index (χ4v) is 2.56. The Labute approximate surface area is 155 Å². The van der Waals surface area contributed by atoms with Crippen LogP contribution in [0.4, 0.5) is 11.4 Å². The zero-order chi connectivity index (χ0) is 19.2. The molecule has 0 radical (unpaired) electrons. The second kappa shape index (κ2) is 8.05. The SMILES string of the molecule is COC(=O)c1ccc(C=Nc2ccc(-c3ccccc3)cc2[N+](=O)[O-])cc1. The number of carbonyl (C=O) groups is 1. The van der Waals surface area contributed by atoms with E-state index in [2.05, 4.69) is 9.73 Å². The highest BCUT2D eigenvalue weighted by molar-refractivity contribution is 5.91. The third kappa shape index (κ3) is 4.24. The maximum absolute atomic E-state index is 11.4. The molecule has 3 aromatic rings. The van der Waals surface area contributed by atoms with Gasteiger partial charge >= 0.3 is 5.97 Å². The van der Waals surface area contributed by atoms with Crippen LogP contribution in [0.25, 0.3) is 11.1 Å². The standard InChI is InChI=1S/C21H16N2O4/c1-27-21(24)17-9-7-15(8-10-17)14-22-19-12-11-18(13-20(19)23(25)26)16-5-3-2-4-6-16/h2-14H,1H3. The zero-order valence-electron chi connectivity index (χ0n) is 14.5. The first-order valence-electron chi connectivity index (χ1n) is 8.15. The van der Waals surface area contributed by atoms with Crippen LogP contribution in [0.2, 0.25) is 0 Å². The third-order valence-corrected chi connectivity index (χ3v) is 3.96. The quantitative estimate of drug-likeness (QED) is 0.283. The summed E-state index contributed by atoms with van der Waals surface area (Å²) in [5.74, 6) is -0.425. The molecule has 6 nitrogen and oxygen atoms in total. The van der Waals surface area contributed by atoms with Gasteiger partial charge in [-0.05, 0) is 34.9 Å². The van der Waals surface area contributed by atoms with Gasteiger partial charge in [0.1, 0.15) is 5.69 Å². The Hall–Kier alpha value is -3.80. The number of carbonyl (C=O) groups excluding carboxylic acids is 1. The minimum absolute atomic E-state index is 0.0706. The predicted octanol–water partition coefficient (Wildman–Crippen LogP) is 4.80. The highest BCUT2D eigenvalue weighted by atomic mass is 16.6. The van der Waals surface area contributed by atoms with E-state index < -0.39 is 10.9 Å². The Balaban J connectivity index is 1.89. The van der Waals surface area contributed by atoms with E-state index >= 15 is 0 Å². The zero-order valence-corrected chi connectivity index (χ0v) is 14.5. The Morgan fingerprint density at radius 3 is 2.33 bits per heavy atom. The molecule has 0 amide bonds.